The monoisotopic (exact) mass is 252 g/mol. The largest absolute Gasteiger partial charge is 0.394 e. The van der Waals surface area contributed by atoms with Gasteiger partial charge in [0.25, 0.3) is 5.56 Å². The van der Waals surface area contributed by atoms with Crippen LogP contribution in [0.1, 0.15) is 18.4 Å². The zero-order valence-corrected chi connectivity index (χ0v) is 10.2. The van der Waals surface area contributed by atoms with E-state index in [0.29, 0.717) is 18.4 Å². The molecular weight excluding hydrogens is 236 g/mol. The fourth-order valence-electron chi connectivity index (χ4n) is 2.18. The molecule has 1 aromatic heterocycles. The van der Waals surface area contributed by atoms with E-state index < -0.39 is 17.0 Å². The maximum absolute atomic E-state index is 11.9. The van der Waals surface area contributed by atoms with Crippen molar-refractivity contribution in [2.45, 2.75) is 31.6 Å². The second kappa shape index (κ2) is 4.55. The smallest absolute Gasteiger partial charge is 0.330 e. The number of aryl methyl sites for hydroxylation is 1. The lowest BCUT2D eigenvalue weighted by atomic mass is 10.1. The highest BCUT2D eigenvalue weighted by Crippen LogP contribution is 2.34. The molecule has 18 heavy (non-hydrogen) atoms. The van der Waals surface area contributed by atoms with E-state index in [1.807, 2.05) is 0 Å². The highest BCUT2D eigenvalue weighted by Gasteiger charge is 2.40. The van der Waals surface area contributed by atoms with Gasteiger partial charge in [-0.1, -0.05) is 6.58 Å². The van der Waals surface area contributed by atoms with Crippen LogP contribution in [0.5, 0.6) is 0 Å². The van der Waals surface area contributed by atoms with E-state index >= 15 is 0 Å². The van der Waals surface area contributed by atoms with E-state index in [0.717, 1.165) is 0 Å². The van der Waals surface area contributed by atoms with E-state index in [2.05, 4.69) is 11.6 Å². The van der Waals surface area contributed by atoms with Crippen LogP contribution in [0.25, 0.3) is 0 Å². The second-order valence-electron chi connectivity index (χ2n) is 4.45. The summed E-state index contributed by atoms with van der Waals surface area (Å²) in [5.41, 5.74) is -1.51. The predicted molar refractivity (Wildman–Crippen MR) is 65.4 cm³/mol. The van der Waals surface area contributed by atoms with Crippen LogP contribution in [0.4, 0.5) is 0 Å². The highest BCUT2D eigenvalue weighted by atomic mass is 16.5. The molecule has 2 atom stereocenters. The van der Waals surface area contributed by atoms with Gasteiger partial charge in [-0.3, -0.25) is 14.3 Å². The van der Waals surface area contributed by atoms with Crippen LogP contribution in [-0.4, -0.2) is 27.4 Å². The van der Waals surface area contributed by atoms with Gasteiger partial charge in [0.15, 0.2) is 5.72 Å². The third-order valence-electron chi connectivity index (χ3n) is 3.25. The molecule has 0 unspecified atom stereocenters. The van der Waals surface area contributed by atoms with Crippen molar-refractivity contribution >= 4 is 0 Å². The summed E-state index contributed by atoms with van der Waals surface area (Å²) < 4.78 is 7.01. The fraction of sp³-hybridized carbons (Fsp3) is 0.500. The number of rotatable bonds is 3. The molecule has 1 saturated heterocycles. The molecule has 0 radical (unpaired) electrons. The molecule has 98 valence electrons. The van der Waals surface area contributed by atoms with Crippen molar-refractivity contribution < 1.29 is 9.84 Å². The molecule has 2 rings (SSSR count). The quantitative estimate of drug-likeness (QED) is 0.733. The molecule has 1 fully saturated rings. The second-order valence-corrected chi connectivity index (χ2v) is 4.45. The Morgan fingerprint density at radius 1 is 1.72 bits per heavy atom. The third kappa shape index (κ3) is 1.93. The number of hydrogen-bond acceptors (Lipinski definition) is 4. The standard InChI is InChI=1S/C12H16N2O4/c1-3-12(5-4-9(7-15)18-12)14-6-8(2)10(16)13-11(14)17/h3,6,9,15H,1,4-5,7H2,2H3,(H,13,16,17)/t9-,12+/m0/s1. The first-order chi connectivity index (χ1) is 8.52. The van der Waals surface area contributed by atoms with E-state index in [1.165, 1.54) is 16.8 Å². The first-order valence-corrected chi connectivity index (χ1v) is 5.78. The number of H-pyrrole nitrogens is 1. The molecule has 1 aliphatic rings. The summed E-state index contributed by atoms with van der Waals surface area (Å²) in [6.45, 7) is 5.21. The van der Waals surface area contributed by atoms with E-state index in [-0.39, 0.29) is 12.7 Å². The molecule has 2 N–H and O–H groups in total. The lowest BCUT2D eigenvalue weighted by molar-refractivity contribution is -0.0793. The van der Waals surface area contributed by atoms with Crippen LogP contribution in [0, 0.1) is 6.92 Å². The number of nitrogens with zero attached hydrogens (tertiary/aromatic N) is 1. The number of aromatic amines is 1. The van der Waals surface area contributed by atoms with Crippen molar-refractivity contribution in [1.29, 1.82) is 0 Å². The van der Waals surface area contributed by atoms with E-state index in [4.69, 9.17) is 9.84 Å². The first kappa shape index (κ1) is 12.8. The first-order valence-electron chi connectivity index (χ1n) is 5.78. The van der Waals surface area contributed by atoms with Gasteiger partial charge in [0.1, 0.15) is 0 Å². The average Bonchev–Trinajstić information content (AvgIpc) is 2.78. The molecule has 0 spiro atoms. The Balaban J connectivity index is 2.53. The van der Waals surface area contributed by atoms with Gasteiger partial charge in [-0.25, -0.2) is 4.79 Å². The summed E-state index contributed by atoms with van der Waals surface area (Å²) in [5, 5.41) is 9.10. The molecule has 0 aliphatic carbocycles. The molecule has 0 aromatic carbocycles. The highest BCUT2D eigenvalue weighted by molar-refractivity contribution is 5.07. The number of aliphatic hydroxyl groups excluding tert-OH is 1. The normalized spacial score (nSPS) is 27.3. The van der Waals surface area contributed by atoms with Crippen LogP contribution < -0.4 is 11.2 Å². The van der Waals surface area contributed by atoms with Crippen LogP contribution in [0.3, 0.4) is 0 Å². The summed E-state index contributed by atoms with van der Waals surface area (Å²) in [6, 6.07) is 0. The van der Waals surface area contributed by atoms with Crippen molar-refractivity contribution in [3.63, 3.8) is 0 Å². The Kier molecular flexibility index (Phi) is 3.23. The average molecular weight is 252 g/mol. The lowest BCUT2D eigenvalue weighted by Gasteiger charge is -2.28. The van der Waals surface area contributed by atoms with E-state index in [1.54, 1.807) is 6.92 Å². The minimum absolute atomic E-state index is 0.104. The van der Waals surface area contributed by atoms with Gasteiger partial charge in [0.2, 0.25) is 0 Å². The van der Waals surface area contributed by atoms with Gasteiger partial charge in [-0.15, -0.1) is 0 Å². The molecule has 6 nitrogen and oxygen atoms in total. The van der Waals surface area contributed by atoms with Crippen molar-refractivity contribution in [3.8, 4) is 0 Å². The van der Waals surface area contributed by atoms with Gasteiger partial charge in [-0.2, -0.15) is 0 Å². The minimum atomic E-state index is -0.987. The Labute approximate surface area is 104 Å². The zero-order valence-electron chi connectivity index (χ0n) is 10.2. The van der Waals surface area contributed by atoms with E-state index in [9.17, 15) is 9.59 Å². The maximum Gasteiger partial charge on any atom is 0.330 e. The number of aliphatic hydroxyl groups is 1. The topological polar surface area (TPSA) is 84.3 Å². The van der Waals surface area contributed by atoms with Crippen LogP contribution in [-0.2, 0) is 10.5 Å². The Hall–Kier alpha value is -1.66. The summed E-state index contributed by atoms with van der Waals surface area (Å²) in [5.74, 6) is 0. The fourth-order valence-corrected chi connectivity index (χ4v) is 2.18. The van der Waals surface area contributed by atoms with Crippen LogP contribution in [0.15, 0.2) is 28.4 Å². The van der Waals surface area contributed by atoms with Gasteiger partial charge >= 0.3 is 5.69 Å². The van der Waals surface area contributed by atoms with Gasteiger partial charge < -0.3 is 9.84 Å². The molecule has 0 bridgehead atoms. The zero-order chi connectivity index (χ0) is 13.3. The molecule has 0 amide bonds. The van der Waals surface area contributed by atoms with Crippen molar-refractivity contribution in [1.82, 2.24) is 9.55 Å². The lowest BCUT2D eigenvalue weighted by Crippen LogP contribution is -2.43. The van der Waals surface area contributed by atoms with Crippen LogP contribution in [0.2, 0.25) is 0 Å². The number of nitrogens with one attached hydrogen (secondary N) is 1. The molecule has 1 aromatic rings. The maximum atomic E-state index is 11.9. The molecular formula is C12H16N2O4. The molecule has 6 heteroatoms. The summed E-state index contributed by atoms with van der Waals surface area (Å²) in [4.78, 5) is 25.4. The predicted octanol–water partition coefficient (Wildman–Crippen LogP) is -0.145. The number of aromatic nitrogens is 2. The Morgan fingerprint density at radius 3 is 3.00 bits per heavy atom. The SMILES string of the molecule is C=C[C@]1(n2cc(C)c(=O)[nH]c2=O)CC[C@@H](CO)O1. The van der Waals surface area contributed by atoms with Gasteiger partial charge in [-0.05, 0) is 19.4 Å². The third-order valence-corrected chi connectivity index (χ3v) is 3.25. The number of ether oxygens (including phenoxy) is 1. The van der Waals surface area contributed by atoms with Crippen molar-refractivity contribution in [2.24, 2.45) is 0 Å². The van der Waals surface area contributed by atoms with Crippen molar-refractivity contribution in [3.05, 3.63) is 45.3 Å². The number of hydrogen-bond donors (Lipinski definition) is 2. The summed E-state index contributed by atoms with van der Waals surface area (Å²) >= 11 is 0. The summed E-state index contributed by atoms with van der Waals surface area (Å²) in [6.07, 6.45) is 3.84. The van der Waals surface area contributed by atoms with Crippen molar-refractivity contribution in [2.75, 3.05) is 6.61 Å². The minimum Gasteiger partial charge on any atom is -0.394 e. The Morgan fingerprint density at radius 2 is 2.44 bits per heavy atom. The summed E-state index contributed by atoms with van der Waals surface area (Å²) in [7, 11) is 0. The molecule has 0 saturated carbocycles. The Bertz CT molecular complexity index is 574. The molecule has 2 heterocycles. The van der Waals surface area contributed by atoms with Crippen LogP contribution >= 0.6 is 0 Å². The molecule has 1 aliphatic heterocycles. The van der Waals surface area contributed by atoms with Gasteiger partial charge in [0, 0.05) is 18.2 Å². The van der Waals surface area contributed by atoms with Gasteiger partial charge in [0.05, 0.1) is 12.7 Å².